The van der Waals surface area contributed by atoms with Crippen LogP contribution >= 0.6 is 0 Å². The van der Waals surface area contributed by atoms with Crippen LogP contribution in [0, 0.1) is 0 Å². The van der Waals surface area contributed by atoms with Gasteiger partial charge in [0.25, 0.3) is 0 Å². The van der Waals surface area contributed by atoms with Gasteiger partial charge in [0.15, 0.2) is 0 Å². The molecule has 20 heavy (non-hydrogen) atoms. The van der Waals surface area contributed by atoms with Crippen molar-refractivity contribution in [3.63, 3.8) is 0 Å². The summed E-state index contributed by atoms with van der Waals surface area (Å²) in [5, 5.41) is 0. The third-order valence-electron chi connectivity index (χ3n) is 3.31. The molecule has 0 nitrogen and oxygen atoms in total. The highest BCUT2D eigenvalue weighted by Crippen LogP contribution is 2.23. The molecule has 0 spiro atoms. The van der Waals surface area contributed by atoms with Gasteiger partial charge in [-0.3, -0.25) is 0 Å². The van der Waals surface area contributed by atoms with E-state index in [2.05, 4.69) is 63.9 Å². The molecule has 0 saturated carbocycles. The van der Waals surface area contributed by atoms with Crippen LogP contribution in [0.5, 0.6) is 0 Å². The Hall–Kier alpha value is -2.08. The van der Waals surface area contributed by atoms with E-state index < -0.39 is 0 Å². The predicted octanol–water partition coefficient (Wildman–Crippen LogP) is 6.07. The highest BCUT2D eigenvalue weighted by Gasteiger charge is 2.03. The summed E-state index contributed by atoms with van der Waals surface area (Å²) in [6.45, 7) is 18.2. The zero-order chi connectivity index (χ0) is 15.1. The molecule has 0 atom stereocenters. The Morgan fingerprint density at radius 1 is 1.20 bits per heavy atom. The number of hydrogen-bond donors (Lipinski definition) is 0. The van der Waals surface area contributed by atoms with Crippen molar-refractivity contribution in [1.29, 1.82) is 0 Å². The van der Waals surface area contributed by atoms with Gasteiger partial charge in [0.2, 0.25) is 0 Å². The smallest absolute Gasteiger partial charge is 0.0181 e. The molecule has 0 aliphatic heterocycles. The van der Waals surface area contributed by atoms with Crippen LogP contribution in [0.15, 0.2) is 79.5 Å². The highest BCUT2D eigenvalue weighted by atomic mass is 14.1. The molecule has 104 valence electrons. The lowest BCUT2D eigenvalue weighted by Crippen LogP contribution is -1.90. The molecule has 0 fully saturated rings. The van der Waals surface area contributed by atoms with E-state index in [1.54, 1.807) is 6.08 Å². The molecule has 0 heteroatoms. The average Bonchev–Trinajstić information content (AvgIpc) is 2.44. The van der Waals surface area contributed by atoms with E-state index in [0.29, 0.717) is 5.92 Å². The van der Waals surface area contributed by atoms with Crippen molar-refractivity contribution in [2.45, 2.75) is 26.7 Å². The summed E-state index contributed by atoms with van der Waals surface area (Å²) in [6.07, 6.45) is 7.69. The van der Waals surface area contributed by atoms with Crippen molar-refractivity contribution in [2.24, 2.45) is 0 Å². The van der Waals surface area contributed by atoms with Crippen LogP contribution in [0.4, 0.5) is 0 Å². The minimum absolute atomic E-state index is 0.520. The van der Waals surface area contributed by atoms with Crippen LogP contribution in [0.3, 0.4) is 0 Å². The monoisotopic (exact) mass is 264 g/mol. The van der Waals surface area contributed by atoms with Crippen molar-refractivity contribution >= 4 is 5.57 Å². The maximum Gasteiger partial charge on any atom is -0.0181 e. The maximum atomic E-state index is 4.10. The molecule has 0 heterocycles. The zero-order valence-corrected chi connectivity index (χ0v) is 12.8. The van der Waals surface area contributed by atoms with Gasteiger partial charge in [-0.15, -0.1) is 0 Å². The third-order valence-corrected chi connectivity index (χ3v) is 3.31. The van der Waals surface area contributed by atoms with Crippen LogP contribution in [0.1, 0.15) is 37.8 Å². The molecule has 1 rings (SSSR count). The van der Waals surface area contributed by atoms with Gasteiger partial charge in [-0.1, -0.05) is 76.1 Å². The van der Waals surface area contributed by atoms with E-state index in [4.69, 9.17) is 0 Å². The Bertz CT molecular complexity index is 565. The van der Waals surface area contributed by atoms with Crippen molar-refractivity contribution in [3.05, 3.63) is 90.6 Å². The Kier molecular flexibility index (Phi) is 5.99. The molecule has 0 amide bonds. The fourth-order valence-corrected chi connectivity index (χ4v) is 1.92. The van der Waals surface area contributed by atoms with Crippen molar-refractivity contribution < 1.29 is 0 Å². The first kappa shape index (κ1) is 16.0. The van der Waals surface area contributed by atoms with Crippen molar-refractivity contribution in [3.8, 4) is 0 Å². The van der Waals surface area contributed by atoms with E-state index in [1.807, 2.05) is 19.1 Å². The second-order valence-electron chi connectivity index (χ2n) is 5.19. The van der Waals surface area contributed by atoms with Gasteiger partial charge in [0.05, 0.1) is 0 Å². The fraction of sp³-hybridized carbons (Fsp3) is 0.200. The summed E-state index contributed by atoms with van der Waals surface area (Å²) in [4.78, 5) is 0. The molecule has 0 aromatic heterocycles. The van der Waals surface area contributed by atoms with Gasteiger partial charge in [-0.05, 0) is 46.8 Å². The summed E-state index contributed by atoms with van der Waals surface area (Å²) < 4.78 is 0. The molecule has 0 bridgehead atoms. The molecular formula is C20H24. The Balaban J connectivity index is 3.16. The van der Waals surface area contributed by atoms with Crippen molar-refractivity contribution in [2.75, 3.05) is 0 Å². The van der Waals surface area contributed by atoms with Crippen LogP contribution in [0.2, 0.25) is 0 Å². The van der Waals surface area contributed by atoms with E-state index in [1.165, 1.54) is 11.1 Å². The Morgan fingerprint density at radius 2 is 1.90 bits per heavy atom. The second-order valence-corrected chi connectivity index (χ2v) is 5.19. The molecule has 0 saturated heterocycles. The molecule has 0 radical (unpaired) electrons. The SMILES string of the molecule is C=C/C=C(\C)C(=C)/C=C(\C=C)c1cccc(C(C)C)c1. The summed E-state index contributed by atoms with van der Waals surface area (Å²) >= 11 is 0. The minimum Gasteiger partial charge on any atom is -0.0991 e. The van der Waals surface area contributed by atoms with Gasteiger partial charge in [0.1, 0.15) is 0 Å². The topological polar surface area (TPSA) is 0 Å². The summed E-state index contributed by atoms with van der Waals surface area (Å²) in [7, 11) is 0. The predicted molar refractivity (Wildman–Crippen MR) is 91.8 cm³/mol. The first-order valence-corrected chi connectivity index (χ1v) is 6.92. The van der Waals surface area contributed by atoms with E-state index >= 15 is 0 Å². The summed E-state index contributed by atoms with van der Waals surface area (Å²) in [5.74, 6) is 0.520. The molecule has 1 aromatic rings. The summed E-state index contributed by atoms with van der Waals surface area (Å²) in [6, 6.07) is 8.58. The highest BCUT2D eigenvalue weighted by molar-refractivity contribution is 5.77. The normalized spacial score (nSPS) is 12.4. The number of benzene rings is 1. The number of hydrogen-bond acceptors (Lipinski definition) is 0. The molecule has 0 aliphatic carbocycles. The van der Waals surface area contributed by atoms with E-state index in [9.17, 15) is 0 Å². The molecule has 1 aromatic carbocycles. The van der Waals surface area contributed by atoms with Gasteiger partial charge in [0, 0.05) is 0 Å². The lowest BCUT2D eigenvalue weighted by Gasteiger charge is -2.10. The quantitative estimate of drug-likeness (QED) is 0.547. The van der Waals surface area contributed by atoms with Crippen LogP contribution < -0.4 is 0 Å². The zero-order valence-electron chi connectivity index (χ0n) is 12.8. The molecular weight excluding hydrogens is 240 g/mol. The van der Waals surface area contributed by atoms with Gasteiger partial charge in [-0.25, -0.2) is 0 Å². The Labute approximate surface area is 123 Å². The first-order chi connectivity index (χ1) is 9.49. The number of allylic oxidation sites excluding steroid dienone is 7. The summed E-state index contributed by atoms with van der Waals surface area (Å²) in [5.41, 5.74) is 5.70. The van der Waals surface area contributed by atoms with Crippen LogP contribution in [0.25, 0.3) is 5.57 Å². The largest absolute Gasteiger partial charge is 0.0991 e. The van der Waals surface area contributed by atoms with E-state index in [0.717, 1.165) is 16.7 Å². The fourth-order valence-electron chi connectivity index (χ4n) is 1.92. The molecule has 0 unspecified atom stereocenters. The van der Waals surface area contributed by atoms with Gasteiger partial charge < -0.3 is 0 Å². The maximum absolute atomic E-state index is 4.10. The lowest BCUT2D eigenvalue weighted by molar-refractivity contribution is 0.866. The third kappa shape index (κ3) is 4.24. The van der Waals surface area contributed by atoms with Crippen LogP contribution in [-0.4, -0.2) is 0 Å². The lowest BCUT2D eigenvalue weighted by atomic mass is 9.95. The first-order valence-electron chi connectivity index (χ1n) is 6.92. The molecule has 0 N–H and O–H groups in total. The van der Waals surface area contributed by atoms with Crippen molar-refractivity contribution in [1.82, 2.24) is 0 Å². The van der Waals surface area contributed by atoms with Gasteiger partial charge in [-0.2, -0.15) is 0 Å². The number of rotatable bonds is 6. The minimum atomic E-state index is 0.520. The van der Waals surface area contributed by atoms with Crippen LogP contribution in [-0.2, 0) is 0 Å². The van der Waals surface area contributed by atoms with E-state index in [-0.39, 0.29) is 0 Å². The Morgan fingerprint density at radius 3 is 2.45 bits per heavy atom. The average molecular weight is 264 g/mol. The van der Waals surface area contributed by atoms with Gasteiger partial charge >= 0.3 is 0 Å². The second kappa shape index (κ2) is 7.49. The standard InChI is InChI=1S/C20H24/c1-7-10-16(5)17(6)13-18(8-2)20-12-9-11-19(14-20)15(3)4/h7-15H,1-2,6H2,3-5H3/b16-10+,18-13+. The molecule has 0 aliphatic rings.